The third-order valence-electron chi connectivity index (χ3n) is 5.19. The lowest BCUT2D eigenvalue weighted by Gasteiger charge is -2.36. The molecule has 0 spiro atoms. The quantitative estimate of drug-likeness (QED) is 0.886. The number of rotatable bonds is 4. The van der Waals surface area contributed by atoms with Crippen molar-refractivity contribution in [2.45, 2.75) is 44.7 Å². The van der Waals surface area contributed by atoms with E-state index in [-0.39, 0.29) is 17.9 Å². The standard InChI is InChI=1S/C19H27N3O2/c1-14-10-11-20-13-16(14)21-19(24)18(15-7-3-2-4-8-15)22-12-6-5-9-17(22)23/h2-4,7-8,14,16,18,20H,5-6,9-13H2,1H3,(H,21,24). The van der Waals surface area contributed by atoms with E-state index in [9.17, 15) is 9.59 Å². The molecule has 2 fully saturated rings. The molecule has 2 amide bonds. The molecule has 24 heavy (non-hydrogen) atoms. The van der Waals surface area contributed by atoms with Crippen LogP contribution in [0, 0.1) is 5.92 Å². The summed E-state index contributed by atoms with van der Waals surface area (Å²) in [5.41, 5.74) is 0.890. The number of carbonyl (C=O) groups is 2. The number of nitrogens with one attached hydrogen (secondary N) is 2. The van der Waals surface area contributed by atoms with Crippen molar-refractivity contribution in [3.63, 3.8) is 0 Å². The number of benzene rings is 1. The van der Waals surface area contributed by atoms with E-state index in [4.69, 9.17) is 0 Å². The minimum Gasteiger partial charge on any atom is -0.350 e. The maximum absolute atomic E-state index is 13.1. The lowest BCUT2D eigenvalue weighted by Crippen LogP contribution is -2.54. The first kappa shape index (κ1) is 17.0. The first-order chi connectivity index (χ1) is 11.7. The van der Waals surface area contributed by atoms with E-state index in [0.717, 1.165) is 37.9 Å². The monoisotopic (exact) mass is 329 g/mol. The number of carbonyl (C=O) groups excluding carboxylic acids is 2. The van der Waals surface area contributed by atoms with Crippen molar-refractivity contribution < 1.29 is 9.59 Å². The van der Waals surface area contributed by atoms with Crippen LogP contribution in [0.25, 0.3) is 0 Å². The molecule has 2 aliphatic rings. The molecule has 2 heterocycles. The summed E-state index contributed by atoms with van der Waals surface area (Å²) in [6.45, 7) is 4.63. The number of piperidine rings is 2. The van der Waals surface area contributed by atoms with Crippen LogP contribution in [0.15, 0.2) is 30.3 Å². The van der Waals surface area contributed by atoms with Crippen LogP contribution in [0.4, 0.5) is 0 Å². The largest absolute Gasteiger partial charge is 0.350 e. The summed E-state index contributed by atoms with van der Waals surface area (Å²) in [6, 6.07) is 9.27. The number of hydrogen-bond donors (Lipinski definition) is 2. The first-order valence-electron chi connectivity index (χ1n) is 9.02. The zero-order valence-corrected chi connectivity index (χ0v) is 14.3. The first-order valence-corrected chi connectivity index (χ1v) is 9.02. The number of nitrogens with zero attached hydrogens (tertiary/aromatic N) is 1. The van der Waals surface area contributed by atoms with Crippen LogP contribution in [0.1, 0.15) is 44.2 Å². The van der Waals surface area contributed by atoms with Crippen LogP contribution in [0.2, 0.25) is 0 Å². The van der Waals surface area contributed by atoms with Crippen molar-refractivity contribution in [3.8, 4) is 0 Å². The molecule has 1 aromatic rings. The van der Waals surface area contributed by atoms with E-state index in [1.165, 1.54) is 0 Å². The summed E-state index contributed by atoms with van der Waals surface area (Å²) in [4.78, 5) is 27.2. The van der Waals surface area contributed by atoms with Gasteiger partial charge in [0.25, 0.3) is 0 Å². The highest BCUT2D eigenvalue weighted by molar-refractivity contribution is 5.89. The van der Waals surface area contributed by atoms with Gasteiger partial charge in [-0.25, -0.2) is 0 Å². The van der Waals surface area contributed by atoms with E-state index in [2.05, 4.69) is 17.6 Å². The number of amides is 2. The Hall–Kier alpha value is -1.88. The van der Waals surface area contributed by atoms with Gasteiger partial charge in [0.2, 0.25) is 11.8 Å². The summed E-state index contributed by atoms with van der Waals surface area (Å²) in [6.07, 6.45) is 3.48. The van der Waals surface area contributed by atoms with Gasteiger partial charge in [-0.1, -0.05) is 37.3 Å². The Bertz CT molecular complexity index is 575. The van der Waals surface area contributed by atoms with Gasteiger partial charge in [0.1, 0.15) is 6.04 Å². The van der Waals surface area contributed by atoms with Gasteiger partial charge in [-0.05, 0) is 37.3 Å². The molecule has 2 aliphatic heterocycles. The predicted molar refractivity (Wildman–Crippen MR) is 93.3 cm³/mol. The van der Waals surface area contributed by atoms with Gasteiger partial charge in [-0.3, -0.25) is 9.59 Å². The van der Waals surface area contributed by atoms with Crippen molar-refractivity contribution in [1.29, 1.82) is 0 Å². The van der Waals surface area contributed by atoms with Gasteiger partial charge in [0, 0.05) is 25.6 Å². The van der Waals surface area contributed by atoms with E-state index in [1.54, 1.807) is 4.90 Å². The summed E-state index contributed by atoms with van der Waals surface area (Å²) in [7, 11) is 0. The molecule has 0 saturated carbocycles. The van der Waals surface area contributed by atoms with E-state index in [0.29, 0.717) is 18.9 Å². The Morgan fingerprint density at radius 1 is 1.29 bits per heavy atom. The average molecular weight is 329 g/mol. The molecule has 2 N–H and O–H groups in total. The number of likely N-dealkylation sites (tertiary alicyclic amines) is 1. The highest BCUT2D eigenvalue weighted by Gasteiger charge is 2.34. The smallest absolute Gasteiger partial charge is 0.247 e. The molecule has 5 nitrogen and oxygen atoms in total. The summed E-state index contributed by atoms with van der Waals surface area (Å²) >= 11 is 0. The second-order valence-electron chi connectivity index (χ2n) is 6.94. The minimum atomic E-state index is -0.520. The molecule has 0 aliphatic carbocycles. The third-order valence-corrected chi connectivity index (χ3v) is 5.19. The fourth-order valence-corrected chi connectivity index (χ4v) is 3.65. The minimum absolute atomic E-state index is 0.0583. The van der Waals surface area contributed by atoms with Crippen LogP contribution in [-0.4, -0.2) is 42.4 Å². The van der Waals surface area contributed by atoms with E-state index in [1.807, 2.05) is 30.3 Å². The fourth-order valence-electron chi connectivity index (χ4n) is 3.65. The Morgan fingerprint density at radius 3 is 2.79 bits per heavy atom. The lowest BCUT2D eigenvalue weighted by atomic mass is 9.93. The maximum atomic E-state index is 13.1. The molecule has 0 aromatic heterocycles. The van der Waals surface area contributed by atoms with Crippen LogP contribution >= 0.6 is 0 Å². The predicted octanol–water partition coefficient (Wildman–Crippen LogP) is 1.85. The van der Waals surface area contributed by atoms with Crippen molar-refractivity contribution in [3.05, 3.63) is 35.9 Å². The molecular weight excluding hydrogens is 302 g/mol. The Balaban J connectivity index is 1.81. The molecule has 1 aromatic carbocycles. The molecule has 5 heteroatoms. The normalized spacial score (nSPS) is 26.0. The average Bonchev–Trinajstić information content (AvgIpc) is 2.60. The van der Waals surface area contributed by atoms with Crippen LogP contribution in [-0.2, 0) is 9.59 Å². The molecule has 2 saturated heterocycles. The van der Waals surface area contributed by atoms with Gasteiger partial charge < -0.3 is 15.5 Å². The topological polar surface area (TPSA) is 61.4 Å². The Morgan fingerprint density at radius 2 is 2.08 bits per heavy atom. The molecule has 130 valence electrons. The van der Waals surface area contributed by atoms with Crippen molar-refractivity contribution in [1.82, 2.24) is 15.5 Å². The van der Waals surface area contributed by atoms with Crippen molar-refractivity contribution >= 4 is 11.8 Å². The summed E-state index contributed by atoms with van der Waals surface area (Å²) in [5.74, 6) is 0.473. The van der Waals surface area contributed by atoms with Crippen molar-refractivity contribution in [2.75, 3.05) is 19.6 Å². The van der Waals surface area contributed by atoms with Gasteiger partial charge in [0.15, 0.2) is 0 Å². The molecule has 3 unspecified atom stereocenters. The van der Waals surface area contributed by atoms with Crippen LogP contribution < -0.4 is 10.6 Å². The van der Waals surface area contributed by atoms with Gasteiger partial charge in [0.05, 0.1) is 0 Å². The molecule has 0 bridgehead atoms. The SMILES string of the molecule is CC1CCNCC1NC(=O)C(c1ccccc1)N1CCCCC1=O. The van der Waals surface area contributed by atoms with Gasteiger partial charge in [-0.2, -0.15) is 0 Å². The van der Waals surface area contributed by atoms with E-state index < -0.39 is 6.04 Å². The Labute approximate surface area is 143 Å². The lowest BCUT2D eigenvalue weighted by molar-refractivity contribution is -0.143. The van der Waals surface area contributed by atoms with Gasteiger partial charge in [-0.15, -0.1) is 0 Å². The summed E-state index contributed by atoms with van der Waals surface area (Å²) in [5, 5.41) is 6.53. The summed E-state index contributed by atoms with van der Waals surface area (Å²) < 4.78 is 0. The van der Waals surface area contributed by atoms with Crippen LogP contribution in [0.3, 0.4) is 0 Å². The Kier molecular flexibility index (Phi) is 5.51. The van der Waals surface area contributed by atoms with Crippen molar-refractivity contribution in [2.24, 2.45) is 5.92 Å². The fraction of sp³-hybridized carbons (Fsp3) is 0.579. The van der Waals surface area contributed by atoms with Crippen LogP contribution in [0.5, 0.6) is 0 Å². The molecule has 0 radical (unpaired) electrons. The van der Waals surface area contributed by atoms with Gasteiger partial charge >= 0.3 is 0 Å². The maximum Gasteiger partial charge on any atom is 0.247 e. The highest BCUT2D eigenvalue weighted by atomic mass is 16.2. The zero-order valence-electron chi connectivity index (χ0n) is 14.3. The number of hydrogen-bond acceptors (Lipinski definition) is 3. The molecule has 3 atom stereocenters. The van der Waals surface area contributed by atoms with E-state index >= 15 is 0 Å². The molecular formula is C19H27N3O2. The second kappa shape index (κ2) is 7.79. The zero-order chi connectivity index (χ0) is 16.9. The highest BCUT2D eigenvalue weighted by Crippen LogP contribution is 2.26. The second-order valence-corrected chi connectivity index (χ2v) is 6.94. The third kappa shape index (κ3) is 3.78. The molecule has 3 rings (SSSR count).